The van der Waals surface area contributed by atoms with Gasteiger partial charge in [-0.05, 0) is 91.9 Å². The summed E-state index contributed by atoms with van der Waals surface area (Å²) in [5, 5.41) is 3.20. The van der Waals surface area contributed by atoms with Gasteiger partial charge in [-0.1, -0.05) is 24.1 Å². The normalized spacial score (nSPS) is 16.0. The van der Waals surface area contributed by atoms with Crippen molar-refractivity contribution in [2.75, 3.05) is 35.9 Å². The Morgan fingerprint density at radius 1 is 0.875 bits per heavy atom. The Morgan fingerprint density at radius 2 is 1.57 bits per heavy atom. The highest BCUT2D eigenvalue weighted by molar-refractivity contribution is 7.92. The van der Waals surface area contributed by atoms with Gasteiger partial charge in [0.2, 0.25) is 10.0 Å². The number of hydrogen-bond donors (Lipinski definition) is 1. The molecule has 212 valence electrons. The van der Waals surface area contributed by atoms with Crippen LogP contribution in [0.1, 0.15) is 30.4 Å². The highest BCUT2D eigenvalue weighted by Crippen LogP contribution is 2.35. The molecule has 1 N–H and O–H groups in total. The SMILES string of the molecule is Cc1cc(S(=O)(=O)N2CCCCC2)ccc1OCC(=O)Nc1ccc2c(c1)N(S(=O)(=O)c1ccc(Cl)cc1)CC2. The molecule has 0 radical (unpaired) electrons. The van der Waals surface area contributed by atoms with Crippen molar-refractivity contribution in [2.24, 2.45) is 0 Å². The molecule has 1 saturated heterocycles. The fraction of sp³-hybridized carbons (Fsp3) is 0.321. The zero-order valence-corrected chi connectivity index (χ0v) is 24.4. The Kier molecular flexibility index (Phi) is 8.10. The molecular weight excluding hydrogens is 574 g/mol. The molecule has 0 unspecified atom stereocenters. The predicted molar refractivity (Wildman–Crippen MR) is 154 cm³/mol. The van der Waals surface area contributed by atoms with Crippen LogP contribution in [0, 0.1) is 6.92 Å². The summed E-state index contributed by atoms with van der Waals surface area (Å²) in [6.45, 7) is 2.77. The van der Waals surface area contributed by atoms with Gasteiger partial charge >= 0.3 is 0 Å². The topological polar surface area (TPSA) is 113 Å². The standard InChI is InChI=1S/C28H30ClN3O6S2/c1-20-17-25(39(34,35)31-14-3-2-4-15-31)11-12-27(20)38-19-28(33)30-23-8-5-21-13-16-32(26(21)18-23)40(36,37)24-9-6-22(29)7-10-24/h5-12,17-18H,2-4,13-16,19H2,1H3,(H,30,33). The largest absolute Gasteiger partial charge is 0.483 e. The first-order chi connectivity index (χ1) is 19.1. The zero-order chi connectivity index (χ0) is 28.5. The minimum absolute atomic E-state index is 0.137. The molecule has 0 saturated carbocycles. The van der Waals surface area contributed by atoms with E-state index in [4.69, 9.17) is 16.3 Å². The second kappa shape index (κ2) is 11.4. The van der Waals surface area contributed by atoms with E-state index in [1.54, 1.807) is 37.3 Å². The summed E-state index contributed by atoms with van der Waals surface area (Å²) in [7, 11) is -7.36. The van der Waals surface area contributed by atoms with Crippen molar-refractivity contribution in [3.63, 3.8) is 0 Å². The van der Waals surface area contributed by atoms with Gasteiger partial charge in [-0.25, -0.2) is 16.8 Å². The molecule has 2 aliphatic heterocycles. The van der Waals surface area contributed by atoms with Crippen molar-refractivity contribution in [3.05, 3.63) is 76.8 Å². The molecule has 0 spiro atoms. The molecule has 0 aliphatic carbocycles. The summed E-state index contributed by atoms with van der Waals surface area (Å²) in [6, 6.07) is 15.8. The fourth-order valence-electron chi connectivity index (χ4n) is 4.95. The van der Waals surface area contributed by atoms with E-state index in [2.05, 4.69) is 5.32 Å². The lowest BCUT2D eigenvalue weighted by Crippen LogP contribution is -2.35. The number of halogens is 1. The highest BCUT2D eigenvalue weighted by Gasteiger charge is 2.31. The molecule has 3 aromatic carbocycles. The Bertz CT molecular complexity index is 1640. The summed E-state index contributed by atoms with van der Waals surface area (Å²) in [6.07, 6.45) is 3.30. The number of nitrogens with one attached hydrogen (secondary N) is 1. The van der Waals surface area contributed by atoms with Crippen molar-refractivity contribution in [1.29, 1.82) is 0 Å². The number of aryl methyl sites for hydroxylation is 1. The van der Waals surface area contributed by atoms with Gasteiger partial charge in [0.1, 0.15) is 5.75 Å². The lowest BCUT2D eigenvalue weighted by Gasteiger charge is -2.26. The smallest absolute Gasteiger partial charge is 0.264 e. The van der Waals surface area contributed by atoms with Crippen LogP contribution in [0.15, 0.2) is 70.5 Å². The van der Waals surface area contributed by atoms with E-state index in [9.17, 15) is 21.6 Å². The Hall–Kier alpha value is -3.12. The number of hydrogen-bond acceptors (Lipinski definition) is 6. The van der Waals surface area contributed by atoms with Crippen LogP contribution in [0.3, 0.4) is 0 Å². The monoisotopic (exact) mass is 603 g/mol. The molecule has 1 amide bonds. The van der Waals surface area contributed by atoms with E-state index in [1.807, 2.05) is 0 Å². The first-order valence-electron chi connectivity index (χ1n) is 13.0. The van der Waals surface area contributed by atoms with Crippen LogP contribution in [0.2, 0.25) is 5.02 Å². The molecule has 5 rings (SSSR count). The second-order valence-corrected chi connectivity index (χ2v) is 14.1. The van der Waals surface area contributed by atoms with Crippen LogP contribution in [0.5, 0.6) is 5.75 Å². The number of carbonyl (C=O) groups excluding carboxylic acids is 1. The van der Waals surface area contributed by atoms with E-state index >= 15 is 0 Å². The van der Waals surface area contributed by atoms with Crippen LogP contribution in [-0.4, -0.2) is 53.3 Å². The van der Waals surface area contributed by atoms with Crippen molar-refractivity contribution in [3.8, 4) is 5.75 Å². The van der Waals surface area contributed by atoms with E-state index in [1.165, 1.54) is 38.9 Å². The summed E-state index contributed by atoms with van der Waals surface area (Å²) in [4.78, 5) is 13.0. The van der Waals surface area contributed by atoms with Gasteiger partial charge in [-0.15, -0.1) is 0 Å². The molecule has 2 aliphatic rings. The van der Waals surface area contributed by atoms with Crippen LogP contribution >= 0.6 is 11.6 Å². The third-order valence-electron chi connectivity index (χ3n) is 7.08. The van der Waals surface area contributed by atoms with E-state index in [-0.39, 0.29) is 16.4 Å². The lowest BCUT2D eigenvalue weighted by atomic mass is 10.1. The van der Waals surface area contributed by atoms with Crippen LogP contribution in [0.4, 0.5) is 11.4 Å². The first kappa shape index (κ1) is 28.4. The number of benzene rings is 3. The van der Waals surface area contributed by atoms with E-state index < -0.39 is 26.0 Å². The number of fused-ring (bicyclic) bond motifs is 1. The number of rotatable bonds is 8. The quantitative estimate of drug-likeness (QED) is 0.403. The van der Waals surface area contributed by atoms with Gasteiger partial charge in [0.05, 0.1) is 15.5 Å². The Balaban J connectivity index is 1.24. The predicted octanol–water partition coefficient (Wildman–Crippen LogP) is 4.59. The number of amides is 1. The molecule has 0 bridgehead atoms. The highest BCUT2D eigenvalue weighted by atomic mass is 35.5. The van der Waals surface area contributed by atoms with Gasteiger partial charge in [0, 0.05) is 30.3 Å². The lowest BCUT2D eigenvalue weighted by molar-refractivity contribution is -0.118. The molecule has 12 heteroatoms. The Labute approximate surface area is 239 Å². The average molecular weight is 604 g/mol. The fourth-order valence-corrected chi connectivity index (χ4v) is 8.17. The number of nitrogens with zero attached hydrogens (tertiary/aromatic N) is 2. The summed E-state index contributed by atoms with van der Waals surface area (Å²) < 4.78 is 60.9. The van der Waals surface area contributed by atoms with Crippen LogP contribution in [0.25, 0.3) is 0 Å². The molecule has 3 aromatic rings. The van der Waals surface area contributed by atoms with Crippen molar-refractivity contribution in [2.45, 2.75) is 42.4 Å². The number of anilines is 2. The third kappa shape index (κ3) is 5.83. The third-order valence-corrected chi connectivity index (χ3v) is 11.1. The number of carbonyl (C=O) groups is 1. The molecule has 2 heterocycles. The van der Waals surface area contributed by atoms with Crippen molar-refractivity contribution >= 4 is 48.9 Å². The van der Waals surface area contributed by atoms with E-state index in [0.717, 1.165) is 24.8 Å². The maximum absolute atomic E-state index is 13.2. The van der Waals surface area contributed by atoms with Crippen molar-refractivity contribution < 1.29 is 26.4 Å². The molecule has 1 fully saturated rings. The van der Waals surface area contributed by atoms with Crippen LogP contribution in [-0.2, 0) is 31.3 Å². The van der Waals surface area contributed by atoms with Gasteiger partial charge in [-0.3, -0.25) is 9.10 Å². The summed E-state index contributed by atoms with van der Waals surface area (Å²) in [5.74, 6) is -0.0311. The Morgan fingerprint density at radius 3 is 2.27 bits per heavy atom. The van der Waals surface area contributed by atoms with Gasteiger partial charge in [-0.2, -0.15) is 4.31 Å². The summed E-state index contributed by atoms with van der Waals surface area (Å²) in [5.41, 5.74) is 2.41. The average Bonchev–Trinajstić information content (AvgIpc) is 3.37. The summed E-state index contributed by atoms with van der Waals surface area (Å²) >= 11 is 5.91. The zero-order valence-electron chi connectivity index (χ0n) is 22.0. The minimum atomic E-state index is -3.80. The molecule has 40 heavy (non-hydrogen) atoms. The first-order valence-corrected chi connectivity index (χ1v) is 16.3. The van der Waals surface area contributed by atoms with Gasteiger partial charge < -0.3 is 10.1 Å². The molecule has 0 atom stereocenters. The molecule has 0 aromatic heterocycles. The van der Waals surface area contributed by atoms with Gasteiger partial charge in [0.25, 0.3) is 15.9 Å². The molecule has 9 nitrogen and oxygen atoms in total. The molecular formula is C28H30ClN3O6S2. The number of piperidine rings is 1. The maximum atomic E-state index is 13.2. The van der Waals surface area contributed by atoms with Crippen molar-refractivity contribution in [1.82, 2.24) is 4.31 Å². The second-order valence-electron chi connectivity index (χ2n) is 9.85. The van der Waals surface area contributed by atoms with Crippen LogP contribution < -0.4 is 14.4 Å². The van der Waals surface area contributed by atoms with E-state index in [0.29, 0.717) is 53.8 Å². The van der Waals surface area contributed by atoms with Gasteiger partial charge in [0.15, 0.2) is 6.61 Å². The number of ether oxygens (including phenoxy) is 1. The maximum Gasteiger partial charge on any atom is 0.264 e. The minimum Gasteiger partial charge on any atom is -0.483 e. The number of sulfonamides is 2.